The van der Waals surface area contributed by atoms with Gasteiger partial charge in [-0.25, -0.2) is 4.79 Å². The Morgan fingerprint density at radius 3 is 2.21 bits per heavy atom. The van der Waals surface area contributed by atoms with Crippen LogP contribution in [0.15, 0.2) is 60.7 Å². The second-order valence-electron chi connectivity index (χ2n) is 7.83. The zero-order chi connectivity index (χ0) is 21.0. The Morgan fingerprint density at radius 1 is 1.03 bits per heavy atom. The van der Waals surface area contributed by atoms with Gasteiger partial charge in [-0.2, -0.15) is 0 Å². The van der Waals surface area contributed by atoms with Crippen molar-refractivity contribution < 1.29 is 14.4 Å². The summed E-state index contributed by atoms with van der Waals surface area (Å²) in [5, 5.41) is 2.78. The minimum absolute atomic E-state index is 0.102. The molecule has 2 aromatic rings. The summed E-state index contributed by atoms with van der Waals surface area (Å²) in [5.41, 5.74) is 0.828. The number of imide groups is 1. The van der Waals surface area contributed by atoms with Crippen LogP contribution in [0.4, 0.5) is 10.5 Å². The standard InChI is InChI=1S/C23H27N3O3/c1-17(2)26(19-12-8-5-9-13-19)20(27)16-25-21(28)23(3,24-22(25)29)15-14-18-10-6-4-7-11-18/h4-13,17H,14-16H2,1-3H3,(H,24,29)/t23-/m0/s1. The topological polar surface area (TPSA) is 69.7 Å². The van der Waals surface area contributed by atoms with Crippen molar-refractivity contribution >= 4 is 23.5 Å². The lowest BCUT2D eigenvalue weighted by Crippen LogP contribution is -2.47. The van der Waals surface area contributed by atoms with Crippen LogP contribution in [-0.4, -0.2) is 40.9 Å². The Balaban J connectivity index is 1.71. The van der Waals surface area contributed by atoms with Gasteiger partial charge >= 0.3 is 6.03 Å². The zero-order valence-electron chi connectivity index (χ0n) is 17.1. The average Bonchev–Trinajstić information content (AvgIpc) is 2.91. The third-order valence-electron chi connectivity index (χ3n) is 5.21. The third kappa shape index (κ3) is 4.47. The van der Waals surface area contributed by atoms with E-state index in [-0.39, 0.29) is 24.4 Å². The van der Waals surface area contributed by atoms with Gasteiger partial charge in [0.15, 0.2) is 0 Å². The molecular weight excluding hydrogens is 366 g/mol. The van der Waals surface area contributed by atoms with Crippen LogP contribution in [0.1, 0.15) is 32.8 Å². The van der Waals surface area contributed by atoms with Crippen LogP contribution in [0.3, 0.4) is 0 Å². The Kier molecular flexibility index (Phi) is 6.01. The number of benzene rings is 2. The lowest BCUT2D eigenvalue weighted by molar-refractivity contribution is -0.134. The Labute approximate surface area is 171 Å². The Bertz CT molecular complexity index is 883. The molecule has 1 aliphatic heterocycles. The van der Waals surface area contributed by atoms with Crippen LogP contribution < -0.4 is 10.2 Å². The summed E-state index contributed by atoms with van der Waals surface area (Å²) in [6, 6.07) is 18.5. The van der Waals surface area contributed by atoms with Crippen molar-refractivity contribution in [2.75, 3.05) is 11.4 Å². The fraction of sp³-hybridized carbons (Fsp3) is 0.348. The van der Waals surface area contributed by atoms with Crippen molar-refractivity contribution in [2.45, 2.75) is 45.2 Å². The number of hydrogen-bond acceptors (Lipinski definition) is 3. The number of carbonyl (C=O) groups excluding carboxylic acids is 3. The van der Waals surface area contributed by atoms with Crippen LogP contribution in [0, 0.1) is 0 Å². The molecular formula is C23H27N3O3. The summed E-state index contributed by atoms with van der Waals surface area (Å²) in [4.78, 5) is 41.1. The second-order valence-corrected chi connectivity index (χ2v) is 7.83. The molecule has 0 radical (unpaired) electrons. The first kappa shape index (κ1) is 20.6. The zero-order valence-corrected chi connectivity index (χ0v) is 17.1. The third-order valence-corrected chi connectivity index (χ3v) is 5.21. The first-order valence-electron chi connectivity index (χ1n) is 9.87. The fourth-order valence-electron chi connectivity index (χ4n) is 3.63. The van der Waals surface area contributed by atoms with E-state index in [1.54, 1.807) is 11.8 Å². The van der Waals surface area contributed by atoms with Gasteiger partial charge in [0.05, 0.1) is 0 Å². The molecule has 0 bridgehead atoms. The Morgan fingerprint density at radius 2 is 1.62 bits per heavy atom. The van der Waals surface area contributed by atoms with Gasteiger partial charge in [0, 0.05) is 11.7 Å². The molecule has 1 N–H and O–H groups in total. The number of nitrogens with zero attached hydrogens (tertiary/aromatic N) is 2. The number of para-hydroxylation sites is 1. The normalized spacial score (nSPS) is 18.8. The van der Waals surface area contributed by atoms with Gasteiger partial charge in [0.25, 0.3) is 5.91 Å². The summed E-state index contributed by atoms with van der Waals surface area (Å²) in [5.74, 6) is -0.648. The number of anilines is 1. The molecule has 6 heteroatoms. The maximum Gasteiger partial charge on any atom is 0.325 e. The van der Waals surface area contributed by atoms with Crippen LogP contribution >= 0.6 is 0 Å². The van der Waals surface area contributed by atoms with Gasteiger partial charge in [0.1, 0.15) is 12.1 Å². The number of rotatable bonds is 7. The van der Waals surface area contributed by atoms with E-state index in [0.29, 0.717) is 12.8 Å². The van der Waals surface area contributed by atoms with Gasteiger partial charge < -0.3 is 10.2 Å². The minimum Gasteiger partial charge on any atom is -0.323 e. The highest BCUT2D eigenvalue weighted by atomic mass is 16.2. The van der Waals surface area contributed by atoms with Crippen molar-refractivity contribution in [3.8, 4) is 0 Å². The minimum atomic E-state index is -1.01. The van der Waals surface area contributed by atoms with E-state index in [1.807, 2.05) is 74.5 Å². The lowest BCUT2D eigenvalue weighted by Gasteiger charge is -2.28. The summed E-state index contributed by atoms with van der Waals surface area (Å²) < 4.78 is 0. The van der Waals surface area contributed by atoms with Gasteiger partial charge in [-0.15, -0.1) is 0 Å². The summed E-state index contributed by atoms with van der Waals surface area (Å²) in [7, 11) is 0. The van der Waals surface area contributed by atoms with E-state index in [9.17, 15) is 14.4 Å². The van der Waals surface area contributed by atoms with Crippen LogP contribution in [0.2, 0.25) is 0 Å². The Hall–Kier alpha value is -3.15. The molecule has 1 atom stereocenters. The van der Waals surface area contributed by atoms with Crippen molar-refractivity contribution in [3.63, 3.8) is 0 Å². The SMILES string of the molecule is CC(C)N(C(=O)CN1C(=O)N[C@@](C)(CCc2ccccc2)C1=O)c1ccccc1. The quantitative estimate of drug-likeness (QED) is 0.733. The number of hydrogen-bond donors (Lipinski definition) is 1. The molecule has 1 saturated heterocycles. The molecule has 0 unspecified atom stereocenters. The highest BCUT2D eigenvalue weighted by Gasteiger charge is 2.48. The summed E-state index contributed by atoms with van der Waals surface area (Å²) in [6.07, 6.45) is 1.13. The highest BCUT2D eigenvalue weighted by Crippen LogP contribution is 2.24. The van der Waals surface area contributed by atoms with Crippen LogP contribution in [-0.2, 0) is 16.0 Å². The van der Waals surface area contributed by atoms with Gasteiger partial charge in [-0.1, -0.05) is 48.5 Å². The van der Waals surface area contributed by atoms with E-state index < -0.39 is 11.6 Å². The molecule has 6 nitrogen and oxygen atoms in total. The number of carbonyl (C=O) groups is 3. The van der Waals surface area contributed by atoms with Gasteiger partial charge in [-0.3, -0.25) is 14.5 Å². The average molecular weight is 393 g/mol. The largest absolute Gasteiger partial charge is 0.325 e. The van der Waals surface area contributed by atoms with Crippen molar-refractivity contribution in [1.82, 2.24) is 10.2 Å². The van der Waals surface area contributed by atoms with Crippen molar-refractivity contribution in [1.29, 1.82) is 0 Å². The first-order valence-corrected chi connectivity index (χ1v) is 9.87. The molecule has 0 aliphatic carbocycles. The number of aryl methyl sites for hydroxylation is 1. The summed E-state index contributed by atoms with van der Waals surface area (Å²) in [6.45, 7) is 5.25. The predicted molar refractivity (Wildman–Crippen MR) is 112 cm³/mol. The number of nitrogens with one attached hydrogen (secondary N) is 1. The molecule has 152 valence electrons. The van der Waals surface area contributed by atoms with E-state index >= 15 is 0 Å². The molecule has 29 heavy (non-hydrogen) atoms. The van der Waals surface area contributed by atoms with Gasteiger partial charge in [-0.05, 0) is 51.3 Å². The van der Waals surface area contributed by atoms with Crippen LogP contribution in [0.5, 0.6) is 0 Å². The molecule has 0 saturated carbocycles. The molecule has 2 aromatic carbocycles. The smallest absolute Gasteiger partial charge is 0.323 e. The van der Waals surface area contributed by atoms with Gasteiger partial charge in [0.2, 0.25) is 5.91 Å². The van der Waals surface area contributed by atoms with E-state index in [0.717, 1.165) is 16.2 Å². The summed E-state index contributed by atoms with van der Waals surface area (Å²) >= 11 is 0. The van der Waals surface area contributed by atoms with E-state index in [1.165, 1.54) is 0 Å². The molecule has 4 amide bonds. The fourth-order valence-corrected chi connectivity index (χ4v) is 3.63. The van der Waals surface area contributed by atoms with Crippen molar-refractivity contribution in [3.05, 3.63) is 66.2 Å². The van der Waals surface area contributed by atoms with E-state index in [4.69, 9.17) is 0 Å². The maximum absolute atomic E-state index is 13.0. The van der Waals surface area contributed by atoms with E-state index in [2.05, 4.69) is 5.32 Å². The predicted octanol–water partition coefficient (Wildman–Crippen LogP) is 3.37. The van der Waals surface area contributed by atoms with Crippen molar-refractivity contribution in [2.24, 2.45) is 0 Å². The number of urea groups is 1. The second kappa shape index (κ2) is 8.47. The molecule has 1 aliphatic rings. The lowest BCUT2D eigenvalue weighted by atomic mass is 9.93. The molecule has 0 aromatic heterocycles. The molecule has 1 heterocycles. The molecule has 3 rings (SSSR count). The highest BCUT2D eigenvalue weighted by molar-refractivity contribution is 6.10. The van der Waals surface area contributed by atoms with Crippen LogP contribution in [0.25, 0.3) is 0 Å². The first-order chi connectivity index (χ1) is 13.8. The monoisotopic (exact) mass is 393 g/mol. The number of amides is 4. The maximum atomic E-state index is 13.0. The molecule has 0 spiro atoms. The molecule has 1 fully saturated rings.